The molecule has 0 aliphatic carbocycles. The van der Waals surface area contributed by atoms with Crippen LogP contribution in [0.1, 0.15) is 0 Å². The number of nitrogens with zero attached hydrogens (tertiary/aromatic N) is 1. The van der Waals surface area contributed by atoms with Crippen molar-refractivity contribution in [3.8, 4) is 0 Å². The van der Waals surface area contributed by atoms with Gasteiger partial charge in [-0.3, -0.25) is 0 Å². The largest absolute Gasteiger partial charge is 0.476 e. The predicted molar refractivity (Wildman–Crippen MR) is 45.6 cm³/mol. The van der Waals surface area contributed by atoms with Crippen LogP contribution in [0.3, 0.4) is 0 Å². The second-order valence-electron chi connectivity index (χ2n) is 1.94. The van der Waals surface area contributed by atoms with E-state index in [9.17, 15) is 13.2 Å². The van der Waals surface area contributed by atoms with Gasteiger partial charge in [-0.2, -0.15) is 0 Å². The molecule has 0 aromatic heterocycles. The van der Waals surface area contributed by atoms with E-state index in [1.165, 1.54) is 6.26 Å². The summed E-state index contributed by atoms with van der Waals surface area (Å²) in [6.45, 7) is 0. The fraction of sp³-hybridized carbons (Fsp3) is 0.200. The Morgan fingerprint density at radius 1 is 1.67 bits per heavy atom. The maximum absolute atomic E-state index is 11.0. The fourth-order valence-electron chi connectivity index (χ4n) is 0.646. The Bertz CT molecular complexity index is 378. The first-order valence-corrected chi connectivity index (χ1v) is 5.57. The van der Waals surface area contributed by atoms with Gasteiger partial charge in [0.2, 0.25) is 9.84 Å². The number of hydrogen-bond acceptors (Lipinski definition) is 5. The van der Waals surface area contributed by atoms with Gasteiger partial charge < -0.3 is 5.11 Å². The molecule has 1 heterocycles. The zero-order chi connectivity index (χ0) is 9.35. The van der Waals surface area contributed by atoms with Gasteiger partial charge in [0.15, 0.2) is 10.1 Å². The molecule has 0 spiro atoms. The summed E-state index contributed by atoms with van der Waals surface area (Å²) in [6, 6.07) is 0. The topological polar surface area (TPSA) is 83.8 Å². The second-order valence-corrected chi connectivity index (χ2v) is 4.70. The van der Waals surface area contributed by atoms with E-state index < -0.39 is 21.5 Å². The molecule has 0 saturated heterocycles. The summed E-state index contributed by atoms with van der Waals surface area (Å²) >= 11 is 0.907. The fourth-order valence-corrected chi connectivity index (χ4v) is 2.68. The summed E-state index contributed by atoms with van der Waals surface area (Å²) in [7, 11) is -3.56. The van der Waals surface area contributed by atoms with E-state index in [1.54, 1.807) is 0 Å². The van der Waals surface area contributed by atoms with E-state index in [-0.39, 0.29) is 4.38 Å². The minimum Gasteiger partial charge on any atom is -0.476 e. The number of carboxylic acid groups (broad SMARTS) is 1. The summed E-state index contributed by atoms with van der Waals surface area (Å²) in [5.41, 5.74) is -0.431. The highest BCUT2D eigenvalue weighted by molar-refractivity contribution is 8.36. The quantitative estimate of drug-likeness (QED) is 0.657. The van der Waals surface area contributed by atoms with Crippen LogP contribution in [0, 0.1) is 0 Å². The first-order chi connectivity index (χ1) is 5.47. The molecule has 1 rings (SSSR count). The zero-order valence-electron chi connectivity index (χ0n) is 6.01. The molecule has 12 heavy (non-hydrogen) atoms. The molecule has 0 aromatic carbocycles. The number of rotatable bonds is 1. The molecule has 0 radical (unpaired) electrons. The highest BCUT2D eigenvalue weighted by Crippen LogP contribution is 2.20. The third-order valence-electron chi connectivity index (χ3n) is 1.12. The lowest BCUT2D eigenvalue weighted by atomic mass is 10.5. The first-order valence-electron chi connectivity index (χ1n) is 2.80. The van der Waals surface area contributed by atoms with Crippen molar-refractivity contribution in [1.29, 1.82) is 0 Å². The van der Waals surface area contributed by atoms with Crippen molar-refractivity contribution < 1.29 is 18.3 Å². The minimum absolute atomic E-state index is 0.167. The van der Waals surface area contributed by atoms with Crippen molar-refractivity contribution in [2.45, 2.75) is 0 Å². The summed E-state index contributed by atoms with van der Waals surface area (Å²) < 4.78 is 21.9. The molecule has 1 aliphatic rings. The van der Waals surface area contributed by atoms with Crippen LogP contribution in [-0.4, -0.2) is 30.1 Å². The van der Waals surface area contributed by atoms with Gasteiger partial charge >= 0.3 is 5.97 Å². The average molecular weight is 207 g/mol. The maximum Gasteiger partial charge on any atom is 0.355 e. The monoisotopic (exact) mass is 207 g/mol. The predicted octanol–water partition coefficient (Wildman–Crippen LogP) is 0.0598. The van der Waals surface area contributed by atoms with Crippen molar-refractivity contribution in [2.75, 3.05) is 6.26 Å². The van der Waals surface area contributed by atoms with E-state index in [0.717, 1.165) is 11.8 Å². The molecule has 0 amide bonds. The van der Waals surface area contributed by atoms with Crippen molar-refractivity contribution in [2.24, 2.45) is 4.99 Å². The molecule has 0 atom stereocenters. The Kier molecular flexibility index (Phi) is 2.25. The van der Waals surface area contributed by atoms with Gasteiger partial charge in [-0.1, -0.05) is 11.8 Å². The molecule has 1 N–H and O–H groups in total. The van der Waals surface area contributed by atoms with Gasteiger partial charge in [-0.15, -0.1) is 0 Å². The smallest absolute Gasteiger partial charge is 0.355 e. The number of hydrogen-bond donors (Lipinski definition) is 1. The van der Waals surface area contributed by atoms with Crippen LogP contribution in [-0.2, 0) is 14.6 Å². The van der Waals surface area contributed by atoms with Gasteiger partial charge in [-0.25, -0.2) is 18.2 Å². The number of carboxylic acids is 1. The van der Waals surface area contributed by atoms with E-state index in [1.807, 2.05) is 0 Å². The third-order valence-corrected chi connectivity index (χ3v) is 3.86. The van der Waals surface area contributed by atoms with Crippen LogP contribution in [0.4, 0.5) is 0 Å². The Labute approximate surface area is 73.1 Å². The number of carbonyl (C=O) groups is 1. The van der Waals surface area contributed by atoms with Gasteiger partial charge in [-0.05, 0) is 6.26 Å². The molecular weight excluding hydrogens is 202 g/mol. The SMILES string of the molecule is CSC1=NC(C(=O)O)=CS1(=O)=O. The molecule has 0 saturated carbocycles. The van der Waals surface area contributed by atoms with Crippen LogP contribution in [0.2, 0.25) is 0 Å². The highest BCUT2D eigenvalue weighted by Gasteiger charge is 2.27. The van der Waals surface area contributed by atoms with Crippen LogP contribution in [0.25, 0.3) is 0 Å². The summed E-state index contributed by atoms with van der Waals surface area (Å²) in [4.78, 5) is 13.7. The van der Waals surface area contributed by atoms with Crippen molar-refractivity contribution in [3.63, 3.8) is 0 Å². The first kappa shape index (κ1) is 9.27. The van der Waals surface area contributed by atoms with E-state index in [2.05, 4.69) is 4.99 Å². The van der Waals surface area contributed by atoms with E-state index in [4.69, 9.17) is 5.11 Å². The lowest BCUT2D eigenvalue weighted by molar-refractivity contribution is -0.132. The lowest BCUT2D eigenvalue weighted by Gasteiger charge is -1.89. The molecule has 5 nitrogen and oxygen atoms in total. The second kappa shape index (κ2) is 2.91. The van der Waals surface area contributed by atoms with Gasteiger partial charge in [0, 0.05) is 0 Å². The molecule has 66 valence electrons. The molecule has 0 aromatic rings. The molecule has 0 fully saturated rings. The molecule has 0 unspecified atom stereocenters. The molecular formula is C5H5NO4S2. The Morgan fingerprint density at radius 2 is 2.25 bits per heavy atom. The third kappa shape index (κ3) is 1.51. The number of aliphatic carboxylic acids is 1. The number of aliphatic imine (C=N–C) groups is 1. The average Bonchev–Trinajstić information content (AvgIpc) is 2.25. The van der Waals surface area contributed by atoms with Crippen LogP contribution in [0.15, 0.2) is 16.1 Å². The van der Waals surface area contributed by atoms with E-state index >= 15 is 0 Å². The zero-order valence-corrected chi connectivity index (χ0v) is 7.65. The van der Waals surface area contributed by atoms with E-state index in [0.29, 0.717) is 5.41 Å². The van der Waals surface area contributed by atoms with Gasteiger partial charge in [0.25, 0.3) is 0 Å². The van der Waals surface area contributed by atoms with Crippen molar-refractivity contribution in [3.05, 3.63) is 11.1 Å². The standard InChI is InChI=1S/C5H5NO4S2/c1-11-5-6-3(4(7)8)2-12(5,9)10/h2H,1H3,(H,7,8). The van der Waals surface area contributed by atoms with Crippen LogP contribution < -0.4 is 0 Å². The molecule has 0 bridgehead atoms. The number of thioether (sulfide) groups is 1. The number of sulfone groups is 1. The Hall–Kier alpha value is -0.820. The Balaban J connectivity index is 3.17. The van der Waals surface area contributed by atoms with Gasteiger partial charge in [0.1, 0.15) is 0 Å². The summed E-state index contributed by atoms with van der Waals surface area (Å²) in [6.07, 6.45) is 1.52. The van der Waals surface area contributed by atoms with Crippen molar-refractivity contribution in [1.82, 2.24) is 0 Å². The van der Waals surface area contributed by atoms with Crippen LogP contribution >= 0.6 is 11.8 Å². The molecule has 7 heteroatoms. The Morgan fingerprint density at radius 3 is 2.50 bits per heavy atom. The van der Waals surface area contributed by atoms with Gasteiger partial charge in [0.05, 0.1) is 5.41 Å². The normalized spacial score (nSPS) is 20.1. The minimum atomic E-state index is -3.56. The summed E-state index contributed by atoms with van der Waals surface area (Å²) in [5, 5.41) is 9.06. The van der Waals surface area contributed by atoms with Crippen LogP contribution in [0.5, 0.6) is 0 Å². The highest BCUT2D eigenvalue weighted by atomic mass is 32.3. The molecule has 1 aliphatic heterocycles. The lowest BCUT2D eigenvalue weighted by Crippen LogP contribution is -2.02. The summed E-state index contributed by atoms with van der Waals surface area (Å²) in [5.74, 6) is -1.33. The van der Waals surface area contributed by atoms with Crippen molar-refractivity contribution >= 4 is 31.9 Å². The maximum atomic E-state index is 11.0.